The van der Waals surface area contributed by atoms with E-state index < -0.39 is 41.1 Å². The summed E-state index contributed by atoms with van der Waals surface area (Å²) in [6.45, 7) is 4.41. The molecule has 0 bridgehead atoms. The Bertz CT molecular complexity index is 1020. The van der Waals surface area contributed by atoms with Crippen LogP contribution in [-0.2, 0) is 19.2 Å². The molecule has 1 aliphatic carbocycles. The predicted octanol–water partition coefficient (Wildman–Crippen LogP) is 0.910. The summed E-state index contributed by atoms with van der Waals surface area (Å²) in [6.07, 6.45) is 1.98. The summed E-state index contributed by atoms with van der Waals surface area (Å²) in [5.41, 5.74) is -1.70. The van der Waals surface area contributed by atoms with Crippen LogP contribution in [0, 0.1) is 5.92 Å². The molecule has 1 aliphatic heterocycles. The summed E-state index contributed by atoms with van der Waals surface area (Å²) in [7, 11) is 0. The molecule has 10 nitrogen and oxygen atoms in total. The number of rotatable bonds is 9. The first-order chi connectivity index (χ1) is 15.8. The van der Waals surface area contributed by atoms with Crippen LogP contribution < -0.4 is 21.3 Å². The molecule has 2 aliphatic rings. The van der Waals surface area contributed by atoms with Gasteiger partial charge in [0.2, 0.25) is 11.7 Å². The van der Waals surface area contributed by atoms with Gasteiger partial charge in [-0.05, 0) is 64.7 Å². The highest BCUT2D eigenvalue weighted by molar-refractivity contribution is 6.38. The highest BCUT2D eigenvalue weighted by atomic mass is 35.5. The smallest absolute Gasteiger partial charge is 0.289 e. The topological polar surface area (TPSA) is 154 Å². The molecule has 5 N–H and O–H groups in total. The predicted molar refractivity (Wildman–Crippen MR) is 124 cm³/mol. The van der Waals surface area contributed by atoms with Crippen LogP contribution in [0.2, 0.25) is 5.02 Å². The molecule has 1 saturated heterocycles. The van der Waals surface area contributed by atoms with E-state index in [1.807, 2.05) is 6.92 Å². The monoisotopic (exact) mass is 492 g/mol. The lowest BCUT2D eigenvalue weighted by Gasteiger charge is -2.22. The summed E-state index contributed by atoms with van der Waals surface area (Å²) in [4.78, 5) is 63.0. The first kappa shape index (κ1) is 25.6. The zero-order valence-electron chi connectivity index (χ0n) is 19.2. The summed E-state index contributed by atoms with van der Waals surface area (Å²) in [6, 6.07) is 2.74. The van der Waals surface area contributed by atoms with Crippen LogP contribution in [0.15, 0.2) is 18.2 Å². The van der Waals surface area contributed by atoms with Crippen molar-refractivity contribution in [3.63, 3.8) is 0 Å². The minimum atomic E-state index is -1.71. The summed E-state index contributed by atoms with van der Waals surface area (Å²) < 4.78 is 0. The molecule has 4 amide bonds. The van der Waals surface area contributed by atoms with Crippen molar-refractivity contribution < 1.29 is 29.1 Å². The Morgan fingerprint density at radius 3 is 2.47 bits per heavy atom. The molecule has 184 valence electrons. The molecule has 2 fully saturated rings. The number of amides is 4. The van der Waals surface area contributed by atoms with E-state index in [1.54, 1.807) is 0 Å². The van der Waals surface area contributed by atoms with E-state index in [2.05, 4.69) is 21.3 Å². The van der Waals surface area contributed by atoms with Gasteiger partial charge in [-0.1, -0.05) is 11.6 Å². The molecular weight excluding hydrogens is 464 g/mol. The van der Waals surface area contributed by atoms with Crippen LogP contribution in [0.5, 0.6) is 0 Å². The Morgan fingerprint density at radius 1 is 1.24 bits per heavy atom. The molecule has 1 aromatic carbocycles. The van der Waals surface area contributed by atoms with Crippen molar-refractivity contribution in [2.24, 2.45) is 5.92 Å². The lowest BCUT2D eigenvalue weighted by atomic mass is 9.93. The van der Waals surface area contributed by atoms with Crippen LogP contribution in [0.4, 0.5) is 5.69 Å². The van der Waals surface area contributed by atoms with Gasteiger partial charge in [-0.3, -0.25) is 24.0 Å². The fourth-order valence-electron chi connectivity index (χ4n) is 3.64. The second-order valence-electron chi connectivity index (χ2n) is 9.42. The fourth-order valence-corrected chi connectivity index (χ4v) is 3.81. The van der Waals surface area contributed by atoms with Crippen molar-refractivity contribution in [1.82, 2.24) is 16.0 Å². The third kappa shape index (κ3) is 6.54. The molecule has 1 heterocycles. The van der Waals surface area contributed by atoms with E-state index in [-0.39, 0.29) is 40.7 Å². The highest BCUT2D eigenvalue weighted by Gasteiger charge is 2.38. The van der Waals surface area contributed by atoms with E-state index in [0.29, 0.717) is 6.42 Å². The average Bonchev–Trinajstić information content (AvgIpc) is 3.50. The van der Waals surface area contributed by atoms with E-state index in [4.69, 9.17) is 11.6 Å². The zero-order valence-corrected chi connectivity index (χ0v) is 20.0. The standard InChI is InChI=1S/C23H29ClN4O6/c1-11-8-12(19(30)25-11)9-17(18(29)21(32)26-14-5-6-14)27-20(31)15-10-13(24)4-7-16(15)28-22(33)23(2,3)34/h4,7,10-12,14,17,34H,5-6,8-9H2,1-3H3,(H,25,30)(H,26,32)(H,27,31)(H,28,33)/t11-,12+,17+/m1/s1. The first-order valence-corrected chi connectivity index (χ1v) is 11.5. The molecule has 11 heteroatoms. The molecule has 0 aromatic heterocycles. The third-order valence-corrected chi connectivity index (χ3v) is 5.94. The molecule has 1 saturated carbocycles. The third-order valence-electron chi connectivity index (χ3n) is 5.71. The van der Waals surface area contributed by atoms with Crippen molar-refractivity contribution in [2.75, 3.05) is 5.32 Å². The molecule has 34 heavy (non-hydrogen) atoms. The minimum absolute atomic E-state index is 0.0508. The number of nitrogens with one attached hydrogen (secondary N) is 4. The lowest BCUT2D eigenvalue weighted by Crippen LogP contribution is -2.49. The van der Waals surface area contributed by atoms with Gasteiger partial charge >= 0.3 is 0 Å². The second-order valence-corrected chi connectivity index (χ2v) is 9.86. The Labute approximate surface area is 202 Å². The van der Waals surface area contributed by atoms with Crippen LogP contribution in [0.3, 0.4) is 0 Å². The number of hydrogen-bond donors (Lipinski definition) is 5. The Morgan fingerprint density at radius 2 is 1.91 bits per heavy atom. The Balaban J connectivity index is 1.83. The SMILES string of the molecule is C[C@@H]1C[C@@H](C[C@H](NC(=O)c2cc(Cl)ccc2NC(=O)C(C)(C)O)C(=O)C(=O)NC2CC2)C(=O)N1. The number of Topliss-reactive ketones (excluding diaryl/α,β-unsaturated/α-hetero) is 1. The molecule has 3 rings (SSSR count). The van der Waals surface area contributed by atoms with E-state index >= 15 is 0 Å². The molecule has 0 spiro atoms. The highest BCUT2D eigenvalue weighted by Crippen LogP contribution is 2.25. The van der Waals surface area contributed by atoms with Gasteiger partial charge in [-0.25, -0.2) is 0 Å². The van der Waals surface area contributed by atoms with Gasteiger partial charge in [-0.2, -0.15) is 0 Å². The summed E-state index contributed by atoms with van der Waals surface area (Å²) >= 11 is 6.05. The van der Waals surface area contributed by atoms with Gasteiger partial charge in [-0.15, -0.1) is 0 Å². The first-order valence-electron chi connectivity index (χ1n) is 11.1. The van der Waals surface area contributed by atoms with Gasteiger partial charge in [0.25, 0.3) is 17.7 Å². The number of ketones is 1. The maximum Gasteiger partial charge on any atom is 0.289 e. The molecule has 3 atom stereocenters. The molecule has 1 aromatic rings. The van der Waals surface area contributed by atoms with Crippen LogP contribution in [0.1, 0.15) is 56.8 Å². The number of carbonyl (C=O) groups is 5. The lowest BCUT2D eigenvalue weighted by molar-refractivity contribution is -0.139. The van der Waals surface area contributed by atoms with Crippen molar-refractivity contribution >= 4 is 46.7 Å². The van der Waals surface area contributed by atoms with Crippen molar-refractivity contribution in [2.45, 2.75) is 70.2 Å². The van der Waals surface area contributed by atoms with Gasteiger partial charge in [0.1, 0.15) is 5.60 Å². The van der Waals surface area contributed by atoms with Crippen LogP contribution >= 0.6 is 11.6 Å². The number of benzene rings is 1. The Hall–Kier alpha value is -2.98. The van der Waals surface area contributed by atoms with Gasteiger partial charge < -0.3 is 26.4 Å². The number of aliphatic hydroxyl groups is 1. The number of hydrogen-bond acceptors (Lipinski definition) is 6. The maximum atomic E-state index is 13.2. The molecule has 0 radical (unpaired) electrons. The van der Waals surface area contributed by atoms with E-state index in [1.165, 1.54) is 32.0 Å². The number of anilines is 1. The second kappa shape index (κ2) is 10.1. The molecule has 0 unspecified atom stereocenters. The van der Waals surface area contributed by atoms with Gasteiger partial charge in [0.15, 0.2) is 0 Å². The number of halogens is 1. The van der Waals surface area contributed by atoms with Crippen LogP contribution in [-0.4, -0.2) is 58.2 Å². The quantitative estimate of drug-likeness (QED) is 0.323. The minimum Gasteiger partial charge on any atom is -0.381 e. The van der Waals surface area contributed by atoms with Crippen LogP contribution in [0.25, 0.3) is 0 Å². The average molecular weight is 493 g/mol. The van der Waals surface area contributed by atoms with Crippen molar-refractivity contribution in [3.05, 3.63) is 28.8 Å². The van der Waals surface area contributed by atoms with E-state index in [9.17, 15) is 29.1 Å². The van der Waals surface area contributed by atoms with E-state index in [0.717, 1.165) is 12.8 Å². The summed E-state index contributed by atoms with van der Waals surface area (Å²) in [5.74, 6) is -3.98. The van der Waals surface area contributed by atoms with Gasteiger partial charge in [0, 0.05) is 23.0 Å². The largest absolute Gasteiger partial charge is 0.381 e. The molecular formula is C23H29ClN4O6. The summed E-state index contributed by atoms with van der Waals surface area (Å²) in [5, 5.41) is 20.5. The Kier molecular flexibility index (Phi) is 7.62. The van der Waals surface area contributed by atoms with Crippen molar-refractivity contribution in [3.8, 4) is 0 Å². The maximum absolute atomic E-state index is 13.2. The number of carbonyl (C=O) groups excluding carboxylic acids is 5. The fraction of sp³-hybridized carbons (Fsp3) is 0.522. The zero-order chi connectivity index (χ0) is 25.2. The normalized spacial score (nSPS) is 20.8. The van der Waals surface area contributed by atoms with Gasteiger partial charge in [0.05, 0.1) is 17.3 Å². The van der Waals surface area contributed by atoms with Crippen molar-refractivity contribution in [1.29, 1.82) is 0 Å².